The smallest absolute Gasteiger partial charge is 0.238 e. The number of hydrogen-bond acceptors (Lipinski definition) is 6. The lowest BCUT2D eigenvalue weighted by molar-refractivity contribution is -0.126. The molecule has 1 saturated heterocycles. The highest BCUT2D eigenvalue weighted by atomic mass is 16.5. The number of nitrogens with zero attached hydrogens (tertiary/aromatic N) is 5. The molecule has 1 aromatic heterocycles. The maximum absolute atomic E-state index is 13.9. The van der Waals surface area contributed by atoms with Crippen LogP contribution in [0.4, 0.5) is 0 Å². The van der Waals surface area contributed by atoms with Gasteiger partial charge in [-0.25, -0.2) is 4.68 Å². The number of carbonyl (C=O) groups excluding carboxylic acids is 1. The van der Waals surface area contributed by atoms with Gasteiger partial charge in [-0.3, -0.25) is 9.69 Å². The first kappa shape index (κ1) is 23.7. The second-order valence-corrected chi connectivity index (χ2v) is 9.19. The van der Waals surface area contributed by atoms with E-state index in [1.165, 1.54) is 0 Å². The summed E-state index contributed by atoms with van der Waals surface area (Å²) in [6.07, 6.45) is 2.25. The Morgan fingerprint density at radius 3 is 2.33 bits per heavy atom. The highest BCUT2D eigenvalue weighted by Gasteiger charge is 2.39. The van der Waals surface area contributed by atoms with Crippen LogP contribution in [0, 0.1) is 6.92 Å². The molecule has 1 N–H and O–H groups in total. The van der Waals surface area contributed by atoms with E-state index in [1.54, 1.807) is 18.1 Å². The average Bonchev–Trinajstić information content (AvgIpc) is 3.59. The molecule has 0 unspecified atom stereocenters. The number of rotatable bonds is 8. The minimum absolute atomic E-state index is 0.00601. The van der Waals surface area contributed by atoms with Gasteiger partial charge in [-0.2, -0.15) is 0 Å². The largest absolute Gasteiger partial charge is 0.496 e. The topological polar surface area (TPSA) is 85.2 Å². The number of benzene rings is 3. The van der Waals surface area contributed by atoms with E-state index in [2.05, 4.69) is 37.9 Å². The zero-order valence-corrected chi connectivity index (χ0v) is 20.5. The number of tetrazole rings is 1. The van der Waals surface area contributed by atoms with Crippen LogP contribution in [0.25, 0.3) is 0 Å². The number of aryl methyl sites for hydroxylation is 1. The SMILES string of the molecule is COc1ccc(CN2C[C@H](n3cnnn3)C[C@H]2C(=O)NC(c2ccccc2)c2ccccc2)cc1C. The monoisotopic (exact) mass is 482 g/mol. The van der Waals surface area contributed by atoms with Crippen LogP contribution in [0.5, 0.6) is 5.75 Å². The van der Waals surface area contributed by atoms with Crippen LogP contribution in [-0.4, -0.2) is 50.7 Å². The van der Waals surface area contributed by atoms with Crippen molar-refractivity contribution in [3.8, 4) is 5.75 Å². The van der Waals surface area contributed by atoms with Gasteiger partial charge in [0.2, 0.25) is 5.91 Å². The lowest BCUT2D eigenvalue weighted by atomic mass is 9.98. The number of carbonyl (C=O) groups is 1. The third-order valence-corrected chi connectivity index (χ3v) is 6.82. The fourth-order valence-electron chi connectivity index (χ4n) is 5.02. The zero-order valence-electron chi connectivity index (χ0n) is 20.5. The summed E-state index contributed by atoms with van der Waals surface area (Å²) >= 11 is 0. The molecule has 1 aliphatic rings. The van der Waals surface area contributed by atoms with Crippen LogP contribution in [0.3, 0.4) is 0 Å². The Morgan fingerprint density at radius 1 is 1.06 bits per heavy atom. The molecule has 0 radical (unpaired) electrons. The van der Waals surface area contributed by atoms with Gasteiger partial charge in [0.05, 0.1) is 25.2 Å². The minimum atomic E-state index is -0.323. The van der Waals surface area contributed by atoms with Crippen LogP contribution >= 0.6 is 0 Å². The van der Waals surface area contributed by atoms with Gasteiger partial charge in [0.1, 0.15) is 12.1 Å². The molecule has 2 heterocycles. The molecule has 5 rings (SSSR count). The van der Waals surface area contributed by atoms with Crippen molar-refractivity contribution in [3.05, 3.63) is 107 Å². The molecule has 2 atom stereocenters. The van der Waals surface area contributed by atoms with Crippen molar-refractivity contribution in [1.82, 2.24) is 30.4 Å². The maximum atomic E-state index is 13.9. The van der Waals surface area contributed by atoms with E-state index in [9.17, 15) is 4.79 Å². The van der Waals surface area contributed by atoms with Gasteiger partial charge < -0.3 is 10.1 Å². The minimum Gasteiger partial charge on any atom is -0.496 e. The highest BCUT2D eigenvalue weighted by Crippen LogP contribution is 2.31. The summed E-state index contributed by atoms with van der Waals surface area (Å²) in [7, 11) is 1.68. The predicted octanol–water partition coefficient (Wildman–Crippen LogP) is 3.71. The van der Waals surface area contributed by atoms with Crippen LogP contribution in [0.15, 0.2) is 85.2 Å². The maximum Gasteiger partial charge on any atom is 0.238 e. The lowest BCUT2D eigenvalue weighted by Crippen LogP contribution is -2.44. The Bertz CT molecular complexity index is 1240. The Labute approximate surface area is 210 Å². The van der Waals surface area contributed by atoms with E-state index in [0.29, 0.717) is 19.5 Å². The van der Waals surface area contributed by atoms with Gasteiger partial charge in [-0.05, 0) is 52.1 Å². The van der Waals surface area contributed by atoms with E-state index in [-0.39, 0.29) is 24.0 Å². The summed E-state index contributed by atoms with van der Waals surface area (Å²) in [4.78, 5) is 16.1. The average molecular weight is 483 g/mol. The highest BCUT2D eigenvalue weighted by molar-refractivity contribution is 5.83. The predicted molar refractivity (Wildman–Crippen MR) is 136 cm³/mol. The quantitative estimate of drug-likeness (QED) is 0.412. The van der Waals surface area contributed by atoms with Crippen molar-refractivity contribution in [2.45, 2.75) is 38.0 Å². The van der Waals surface area contributed by atoms with Gasteiger partial charge in [-0.15, -0.1) is 5.10 Å². The summed E-state index contributed by atoms with van der Waals surface area (Å²) < 4.78 is 7.18. The van der Waals surface area contributed by atoms with E-state index in [4.69, 9.17) is 4.74 Å². The number of nitrogens with one attached hydrogen (secondary N) is 1. The van der Waals surface area contributed by atoms with Crippen LogP contribution in [0.2, 0.25) is 0 Å². The van der Waals surface area contributed by atoms with Gasteiger partial charge in [-0.1, -0.05) is 72.8 Å². The first-order valence-corrected chi connectivity index (χ1v) is 12.1. The molecular weight excluding hydrogens is 452 g/mol. The van der Waals surface area contributed by atoms with Crippen LogP contribution < -0.4 is 10.1 Å². The van der Waals surface area contributed by atoms with Gasteiger partial charge in [0.25, 0.3) is 0 Å². The van der Waals surface area contributed by atoms with Crippen LogP contribution in [0.1, 0.15) is 40.8 Å². The molecule has 184 valence electrons. The van der Waals surface area contributed by atoms with E-state index >= 15 is 0 Å². The molecular formula is C28H30N6O2. The lowest BCUT2D eigenvalue weighted by Gasteiger charge is -2.27. The molecule has 0 saturated carbocycles. The number of amides is 1. The molecule has 1 amide bonds. The summed E-state index contributed by atoms with van der Waals surface area (Å²) in [6.45, 7) is 3.35. The van der Waals surface area contributed by atoms with Crippen molar-refractivity contribution in [3.63, 3.8) is 0 Å². The second-order valence-electron chi connectivity index (χ2n) is 9.19. The normalized spacial score (nSPS) is 17.9. The summed E-state index contributed by atoms with van der Waals surface area (Å²) in [5.74, 6) is 0.850. The summed E-state index contributed by atoms with van der Waals surface area (Å²) in [6, 6.07) is 25.8. The molecule has 1 fully saturated rings. The van der Waals surface area contributed by atoms with E-state index in [1.807, 2.05) is 73.7 Å². The Morgan fingerprint density at radius 2 is 1.75 bits per heavy atom. The number of hydrogen-bond donors (Lipinski definition) is 1. The van der Waals surface area contributed by atoms with Gasteiger partial charge in [0, 0.05) is 13.1 Å². The van der Waals surface area contributed by atoms with Crippen LogP contribution in [-0.2, 0) is 11.3 Å². The van der Waals surface area contributed by atoms with Crippen molar-refractivity contribution >= 4 is 5.91 Å². The Kier molecular flexibility index (Phi) is 7.04. The fraction of sp³-hybridized carbons (Fsp3) is 0.286. The third-order valence-electron chi connectivity index (χ3n) is 6.82. The molecule has 3 aromatic carbocycles. The fourth-order valence-corrected chi connectivity index (χ4v) is 5.02. The molecule has 8 nitrogen and oxygen atoms in total. The number of ether oxygens (including phenoxy) is 1. The molecule has 36 heavy (non-hydrogen) atoms. The van der Waals surface area contributed by atoms with Crippen molar-refractivity contribution in [2.75, 3.05) is 13.7 Å². The molecule has 8 heteroatoms. The molecule has 1 aliphatic heterocycles. The first-order chi connectivity index (χ1) is 17.6. The van der Waals surface area contributed by atoms with Crippen molar-refractivity contribution in [2.24, 2.45) is 0 Å². The van der Waals surface area contributed by atoms with E-state index in [0.717, 1.165) is 28.0 Å². The molecule has 0 spiro atoms. The number of methoxy groups -OCH3 is 1. The first-order valence-electron chi connectivity index (χ1n) is 12.1. The Balaban J connectivity index is 1.41. The van der Waals surface area contributed by atoms with E-state index < -0.39 is 0 Å². The molecule has 4 aromatic rings. The van der Waals surface area contributed by atoms with Gasteiger partial charge >= 0.3 is 0 Å². The standard InChI is InChI=1S/C28H30N6O2/c1-20-15-21(13-14-26(20)36-2)17-33-18-24(34-19-29-31-32-34)16-25(33)28(35)30-27(22-9-5-3-6-10-22)23-11-7-4-8-12-23/h3-15,19,24-25,27H,16-18H2,1-2H3,(H,30,35)/t24-,25+/m1/s1. The third kappa shape index (κ3) is 5.13. The molecule has 0 bridgehead atoms. The zero-order chi connectivity index (χ0) is 24.9. The van der Waals surface area contributed by atoms with Gasteiger partial charge in [0.15, 0.2) is 0 Å². The van der Waals surface area contributed by atoms with Crippen molar-refractivity contribution in [1.29, 1.82) is 0 Å². The number of aromatic nitrogens is 4. The molecule has 0 aliphatic carbocycles. The second kappa shape index (κ2) is 10.7. The Hall–Kier alpha value is -4.04. The summed E-state index contributed by atoms with van der Waals surface area (Å²) in [5, 5.41) is 15.1. The number of likely N-dealkylation sites (tertiary alicyclic amines) is 1. The van der Waals surface area contributed by atoms with Crippen molar-refractivity contribution < 1.29 is 9.53 Å². The summed E-state index contributed by atoms with van der Waals surface area (Å²) in [5.41, 5.74) is 4.29.